The molecule has 1 fully saturated rings. The van der Waals surface area contributed by atoms with Gasteiger partial charge in [0.05, 0.1) is 6.10 Å². The summed E-state index contributed by atoms with van der Waals surface area (Å²) in [5.74, 6) is 0.178. The molecule has 3 aromatic rings. The maximum atomic E-state index is 12.0. The Kier molecular flexibility index (Phi) is 13.4. The Morgan fingerprint density at radius 1 is 0.806 bits per heavy atom. The highest BCUT2D eigenvalue weighted by atomic mass is 79.9. The average molecular weight is 555 g/mol. The van der Waals surface area contributed by atoms with Crippen LogP contribution in [0.5, 0.6) is 0 Å². The summed E-state index contributed by atoms with van der Waals surface area (Å²) in [6.07, 6.45) is 3.22. The quantitative estimate of drug-likeness (QED) is 0.297. The standard InChI is InChI=1S/C28H32BrNO2.2C2H6/c29-26-15-13-22(14-16-26)27(31)12-7-19-30-20-17-25(18-21-30)28(32,23-8-3-1-4-9-23)24-10-5-2-6-11-24;2*1-2/h1-6,8-11,13-16,25,27,31-32H,7,12,17-21H2;2*1-2H3. The second-order valence-corrected chi connectivity index (χ2v) is 9.74. The van der Waals surface area contributed by atoms with Gasteiger partial charge in [-0.1, -0.05) is 116 Å². The van der Waals surface area contributed by atoms with Gasteiger partial charge in [-0.2, -0.15) is 0 Å². The first-order valence-electron chi connectivity index (χ1n) is 13.6. The molecule has 0 aliphatic carbocycles. The number of nitrogens with zero attached hydrogens (tertiary/aromatic N) is 1. The van der Waals surface area contributed by atoms with E-state index in [0.29, 0.717) is 0 Å². The van der Waals surface area contributed by atoms with Crippen molar-refractivity contribution < 1.29 is 10.2 Å². The SMILES string of the molecule is CC.CC.OC(CCCN1CCC(C(O)(c2ccccc2)c2ccccc2)CC1)c1ccc(Br)cc1. The molecule has 4 rings (SSSR count). The largest absolute Gasteiger partial charge is 0.388 e. The predicted molar refractivity (Wildman–Crippen MR) is 156 cm³/mol. The molecule has 1 atom stereocenters. The molecule has 36 heavy (non-hydrogen) atoms. The van der Waals surface area contributed by atoms with E-state index in [1.165, 1.54) is 0 Å². The van der Waals surface area contributed by atoms with E-state index in [1.54, 1.807) is 0 Å². The number of rotatable bonds is 8. The lowest BCUT2D eigenvalue weighted by Gasteiger charge is -2.42. The lowest BCUT2D eigenvalue weighted by molar-refractivity contribution is -0.0146. The lowest BCUT2D eigenvalue weighted by atomic mass is 9.72. The summed E-state index contributed by atoms with van der Waals surface area (Å²) >= 11 is 3.44. The predicted octanol–water partition coefficient (Wildman–Crippen LogP) is 7.96. The van der Waals surface area contributed by atoms with E-state index in [9.17, 15) is 10.2 Å². The second kappa shape index (κ2) is 16.0. The second-order valence-electron chi connectivity index (χ2n) is 8.82. The third kappa shape index (κ3) is 8.01. The van der Waals surface area contributed by atoms with Crippen LogP contribution < -0.4 is 0 Å². The Bertz CT molecular complexity index is 915. The first-order valence-corrected chi connectivity index (χ1v) is 14.4. The lowest BCUT2D eigenvalue weighted by Crippen LogP contribution is -2.44. The first kappa shape index (κ1) is 30.2. The van der Waals surface area contributed by atoms with Crippen molar-refractivity contribution in [3.05, 3.63) is 106 Å². The molecule has 0 amide bonds. The zero-order chi connectivity index (χ0) is 26.4. The molecule has 1 unspecified atom stereocenters. The average Bonchev–Trinajstić information content (AvgIpc) is 2.96. The van der Waals surface area contributed by atoms with Crippen molar-refractivity contribution in [3.63, 3.8) is 0 Å². The van der Waals surface area contributed by atoms with Crippen LogP contribution in [0.3, 0.4) is 0 Å². The van der Waals surface area contributed by atoms with Gasteiger partial charge in [0.1, 0.15) is 5.60 Å². The van der Waals surface area contributed by atoms with Gasteiger partial charge >= 0.3 is 0 Å². The summed E-state index contributed by atoms with van der Waals surface area (Å²) in [5.41, 5.74) is 1.96. The number of likely N-dealkylation sites (tertiary alicyclic amines) is 1. The molecule has 3 nitrogen and oxygen atoms in total. The van der Waals surface area contributed by atoms with E-state index < -0.39 is 11.7 Å². The molecule has 196 valence electrons. The summed E-state index contributed by atoms with van der Waals surface area (Å²) < 4.78 is 1.03. The Hall–Kier alpha value is -1.98. The normalized spacial score (nSPS) is 15.2. The molecule has 1 saturated heterocycles. The van der Waals surface area contributed by atoms with E-state index >= 15 is 0 Å². The topological polar surface area (TPSA) is 43.7 Å². The molecule has 4 heteroatoms. The zero-order valence-corrected chi connectivity index (χ0v) is 24.0. The van der Waals surface area contributed by atoms with Crippen molar-refractivity contribution in [2.24, 2.45) is 5.92 Å². The summed E-state index contributed by atoms with van der Waals surface area (Å²) in [4.78, 5) is 2.47. The minimum atomic E-state index is -0.966. The molecule has 1 aliphatic rings. The maximum Gasteiger partial charge on any atom is 0.117 e. The molecule has 3 aromatic carbocycles. The van der Waals surface area contributed by atoms with Crippen molar-refractivity contribution in [2.45, 2.75) is 65.1 Å². The van der Waals surface area contributed by atoms with Gasteiger partial charge < -0.3 is 15.1 Å². The van der Waals surface area contributed by atoms with E-state index in [-0.39, 0.29) is 5.92 Å². The molecular formula is C32H44BrNO2. The van der Waals surface area contributed by atoms with Gasteiger partial charge in [-0.05, 0) is 80.1 Å². The number of aliphatic hydroxyl groups excluding tert-OH is 1. The van der Waals surface area contributed by atoms with Crippen molar-refractivity contribution in [1.29, 1.82) is 0 Å². The van der Waals surface area contributed by atoms with Crippen LogP contribution in [-0.2, 0) is 5.60 Å². The van der Waals surface area contributed by atoms with Crippen LogP contribution in [0.4, 0.5) is 0 Å². The minimum Gasteiger partial charge on any atom is -0.388 e. The smallest absolute Gasteiger partial charge is 0.117 e. The summed E-state index contributed by atoms with van der Waals surface area (Å²) in [5, 5.41) is 22.5. The highest BCUT2D eigenvalue weighted by Gasteiger charge is 2.41. The number of hydrogen-bond acceptors (Lipinski definition) is 3. The number of hydrogen-bond donors (Lipinski definition) is 2. The Morgan fingerprint density at radius 2 is 1.28 bits per heavy atom. The van der Waals surface area contributed by atoms with Crippen LogP contribution in [0.1, 0.15) is 76.2 Å². The molecule has 0 radical (unpaired) electrons. The van der Waals surface area contributed by atoms with Gasteiger partial charge in [-0.3, -0.25) is 0 Å². The Balaban J connectivity index is 0.00000109. The zero-order valence-electron chi connectivity index (χ0n) is 22.4. The highest BCUT2D eigenvalue weighted by molar-refractivity contribution is 9.10. The summed E-state index contributed by atoms with van der Waals surface area (Å²) in [6, 6.07) is 28.1. The number of aliphatic hydroxyl groups is 2. The van der Waals surface area contributed by atoms with Crippen LogP contribution in [-0.4, -0.2) is 34.7 Å². The molecule has 0 bridgehead atoms. The number of piperidine rings is 1. The van der Waals surface area contributed by atoms with Crippen LogP contribution >= 0.6 is 15.9 Å². The molecule has 0 spiro atoms. The maximum absolute atomic E-state index is 12.0. The molecule has 1 heterocycles. The van der Waals surface area contributed by atoms with E-state index in [0.717, 1.165) is 66.5 Å². The number of benzene rings is 3. The van der Waals surface area contributed by atoms with Gasteiger partial charge in [0, 0.05) is 4.47 Å². The fourth-order valence-electron chi connectivity index (χ4n) is 4.96. The summed E-state index contributed by atoms with van der Waals surface area (Å²) in [7, 11) is 0. The van der Waals surface area contributed by atoms with Crippen molar-refractivity contribution in [3.8, 4) is 0 Å². The molecule has 2 N–H and O–H groups in total. The molecule has 0 saturated carbocycles. The molecule has 0 aromatic heterocycles. The molecule has 1 aliphatic heterocycles. The van der Waals surface area contributed by atoms with Crippen LogP contribution in [0, 0.1) is 5.92 Å². The Labute approximate surface area is 227 Å². The number of halogens is 1. The third-order valence-electron chi connectivity index (χ3n) is 6.81. The van der Waals surface area contributed by atoms with Crippen LogP contribution in [0.2, 0.25) is 0 Å². The van der Waals surface area contributed by atoms with Crippen molar-refractivity contribution in [1.82, 2.24) is 4.90 Å². The van der Waals surface area contributed by atoms with Crippen molar-refractivity contribution >= 4 is 15.9 Å². The van der Waals surface area contributed by atoms with E-state index in [1.807, 2.05) is 113 Å². The van der Waals surface area contributed by atoms with Gasteiger partial charge in [0.15, 0.2) is 0 Å². The third-order valence-corrected chi connectivity index (χ3v) is 7.34. The monoisotopic (exact) mass is 553 g/mol. The Morgan fingerprint density at radius 3 is 1.75 bits per heavy atom. The van der Waals surface area contributed by atoms with Gasteiger partial charge in [-0.25, -0.2) is 0 Å². The summed E-state index contributed by atoms with van der Waals surface area (Å²) in [6.45, 7) is 10.9. The van der Waals surface area contributed by atoms with Gasteiger partial charge in [0.25, 0.3) is 0 Å². The van der Waals surface area contributed by atoms with Crippen LogP contribution in [0.25, 0.3) is 0 Å². The van der Waals surface area contributed by atoms with E-state index in [4.69, 9.17) is 0 Å². The minimum absolute atomic E-state index is 0.178. The first-order chi connectivity index (χ1) is 17.6. The van der Waals surface area contributed by atoms with Crippen molar-refractivity contribution in [2.75, 3.05) is 19.6 Å². The molecular weight excluding hydrogens is 510 g/mol. The fourth-order valence-corrected chi connectivity index (χ4v) is 5.22. The fraction of sp³-hybridized carbons (Fsp3) is 0.438. The highest BCUT2D eigenvalue weighted by Crippen LogP contribution is 2.41. The van der Waals surface area contributed by atoms with E-state index in [2.05, 4.69) is 20.8 Å². The van der Waals surface area contributed by atoms with Gasteiger partial charge in [-0.15, -0.1) is 0 Å². The van der Waals surface area contributed by atoms with Crippen LogP contribution in [0.15, 0.2) is 89.4 Å². The van der Waals surface area contributed by atoms with Gasteiger partial charge in [0.2, 0.25) is 0 Å².